The zero-order chi connectivity index (χ0) is 11.8. The van der Waals surface area contributed by atoms with E-state index in [1.807, 2.05) is 6.92 Å². The van der Waals surface area contributed by atoms with Crippen LogP contribution in [0.1, 0.15) is 31.5 Å². The Morgan fingerprint density at radius 2 is 1.82 bits per heavy atom. The number of hydrogen-bond acceptors (Lipinski definition) is 5. The van der Waals surface area contributed by atoms with E-state index in [9.17, 15) is 0 Å². The molecule has 0 aromatic carbocycles. The van der Waals surface area contributed by atoms with Crippen molar-refractivity contribution < 1.29 is 0 Å². The van der Waals surface area contributed by atoms with Gasteiger partial charge < -0.3 is 10.6 Å². The molecule has 1 aliphatic heterocycles. The van der Waals surface area contributed by atoms with Gasteiger partial charge in [-0.05, 0) is 38.0 Å². The number of nitrogen functional groups attached to an aromatic ring is 1. The smallest absolute Gasteiger partial charge is 0.230 e. The van der Waals surface area contributed by atoms with Gasteiger partial charge in [0.15, 0.2) is 0 Å². The van der Waals surface area contributed by atoms with Gasteiger partial charge in [-0.25, -0.2) is 0 Å². The Balaban J connectivity index is 1.83. The molecular weight excluding hydrogens is 214 g/mol. The van der Waals surface area contributed by atoms with Gasteiger partial charge in [0, 0.05) is 13.1 Å². The number of nitrogens with zero attached hydrogens (tertiary/aromatic N) is 4. The van der Waals surface area contributed by atoms with E-state index in [-0.39, 0.29) is 0 Å². The fourth-order valence-corrected chi connectivity index (χ4v) is 3.22. The van der Waals surface area contributed by atoms with Crippen LogP contribution in [0.15, 0.2) is 0 Å². The first-order valence-electron chi connectivity index (χ1n) is 6.44. The Labute approximate surface area is 101 Å². The third kappa shape index (κ3) is 2.18. The minimum Gasteiger partial charge on any atom is -0.368 e. The van der Waals surface area contributed by atoms with E-state index in [1.165, 1.54) is 25.7 Å². The van der Waals surface area contributed by atoms with E-state index in [2.05, 4.69) is 19.9 Å². The Morgan fingerprint density at radius 3 is 2.47 bits per heavy atom. The standard InChI is InChI=1S/C12H19N5/c1-8-14-11(13)16-12(15-8)17-6-9-3-2-4-10(5-9)7-17/h9-10H,2-7H2,1H3,(H2,13,14,15,16). The summed E-state index contributed by atoms with van der Waals surface area (Å²) in [6.07, 6.45) is 5.48. The lowest BCUT2D eigenvalue weighted by atomic mass is 9.78. The largest absolute Gasteiger partial charge is 0.368 e. The molecule has 1 saturated carbocycles. The maximum absolute atomic E-state index is 5.69. The Hall–Kier alpha value is -1.39. The number of rotatable bonds is 1. The molecule has 3 rings (SSSR count). The molecule has 1 aromatic rings. The van der Waals surface area contributed by atoms with Crippen LogP contribution in [0.25, 0.3) is 0 Å². The summed E-state index contributed by atoms with van der Waals surface area (Å²) in [5.74, 6) is 3.46. The van der Waals surface area contributed by atoms with Crippen molar-refractivity contribution in [2.75, 3.05) is 23.7 Å². The number of aromatic nitrogens is 3. The van der Waals surface area contributed by atoms with E-state index in [4.69, 9.17) is 5.73 Å². The fraction of sp³-hybridized carbons (Fsp3) is 0.750. The molecule has 0 spiro atoms. The number of hydrogen-bond donors (Lipinski definition) is 1. The van der Waals surface area contributed by atoms with Gasteiger partial charge in [-0.15, -0.1) is 0 Å². The van der Waals surface area contributed by atoms with E-state index < -0.39 is 0 Å². The van der Waals surface area contributed by atoms with E-state index >= 15 is 0 Å². The molecule has 2 atom stereocenters. The molecule has 1 aliphatic carbocycles. The summed E-state index contributed by atoms with van der Waals surface area (Å²) in [6.45, 7) is 4.03. The van der Waals surface area contributed by atoms with Crippen LogP contribution >= 0.6 is 0 Å². The van der Waals surface area contributed by atoms with Crippen LogP contribution in [-0.2, 0) is 0 Å². The first kappa shape index (κ1) is 10.7. The zero-order valence-corrected chi connectivity index (χ0v) is 10.3. The highest BCUT2D eigenvalue weighted by atomic mass is 15.3. The lowest BCUT2D eigenvalue weighted by Gasteiger charge is -2.41. The van der Waals surface area contributed by atoms with Crippen LogP contribution < -0.4 is 10.6 Å². The molecule has 5 nitrogen and oxygen atoms in total. The maximum atomic E-state index is 5.69. The van der Waals surface area contributed by atoms with E-state index in [0.717, 1.165) is 30.9 Å². The molecule has 0 radical (unpaired) electrons. The van der Waals surface area contributed by atoms with Crippen molar-refractivity contribution >= 4 is 11.9 Å². The predicted octanol–water partition coefficient (Wildman–Crippen LogP) is 1.39. The van der Waals surface area contributed by atoms with Crippen LogP contribution in [0.5, 0.6) is 0 Å². The summed E-state index contributed by atoms with van der Waals surface area (Å²) in [6, 6.07) is 0. The van der Waals surface area contributed by atoms with Crippen molar-refractivity contribution in [3.8, 4) is 0 Å². The SMILES string of the molecule is Cc1nc(N)nc(N2CC3CCCC(C3)C2)n1. The van der Waals surface area contributed by atoms with Gasteiger partial charge in [0.25, 0.3) is 0 Å². The molecule has 2 fully saturated rings. The van der Waals surface area contributed by atoms with Crippen molar-refractivity contribution in [3.63, 3.8) is 0 Å². The Morgan fingerprint density at radius 1 is 1.12 bits per heavy atom. The summed E-state index contributed by atoms with van der Waals surface area (Å²) in [7, 11) is 0. The fourth-order valence-electron chi connectivity index (χ4n) is 3.22. The molecule has 2 heterocycles. The van der Waals surface area contributed by atoms with Gasteiger partial charge in [-0.2, -0.15) is 15.0 Å². The highest BCUT2D eigenvalue weighted by Gasteiger charge is 2.31. The summed E-state index contributed by atoms with van der Waals surface area (Å²) in [4.78, 5) is 15.0. The average Bonchev–Trinajstić information content (AvgIpc) is 2.27. The molecule has 2 unspecified atom stereocenters. The Bertz CT molecular complexity index is 387. The molecule has 5 heteroatoms. The first-order valence-corrected chi connectivity index (χ1v) is 6.44. The van der Waals surface area contributed by atoms with Crippen LogP contribution in [-0.4, -0.2) is 28.0 Å². The summed E-state index contributed by atoms with van der Waals surface area (Å²) in [5, 5.41) is 0. The summed E-state index contributed by atoms with van der Waals surface area (Å²) < 4.78 is 0. The molecule has 2 aliphatic rings. The van der Waals surface area contributed by atoms with Crippen LogP contribution in [0.3, 0.4) is 0 Å². The lowest BCUT2D eigenvalue weighted by molar-refractivity contribution is 0.229. The number of anilines is 2. The second kappa shape index (κ2) is 4.13. The monoisotopic (exact) mass is 233 g/mol. The van der Waals surface area contributed by atoms with Crippen molar-refractivity contribution in [3.05, 3.63) is 5.82 Å². The van der Waals surface area contributed by atoms with Gasteiger partial charge in [0.1, 0.15) is 5.82 Å². The quantitative estimate of drug-likeness (QED) is 0.794. The van der Waals surface area contributed by atoms with Crippen LogP contribution in [0.4, 0.5) is 11.9 Å². The average molecular weight is 233 g/mol. The number of piperidine rings is 1. The van der Waals surface area contributed by atoms with Gasteiger partial charge in [0.05, 0.1) is 0 Å². The van der Waals surface area contributed by atoms with E-state index in [1.54, 1.807) is 0 Å². The van der Waals surface area contributed by atoms with Crippen molar-refractivity contribution in [1.29, 1.82) is 0 Å². The maximum Gasteiger partial charge on any atom is 0.230 e. The van der Waals surface area contributed by atoms with Crippen molar-refractivity contribution in [2.24, 2.45) is 11.8 Å². The number of nitrogens with two attached hydrogens (primary N) is 1. The van der Waals surface area contributed by atoms with Crippen molar-refractivity contribution in [1.82, 2.24) is 15.0 Å². The molecule has 2 bridgehead atoms. The Kier molecular flexibility index (Phi) is 2.61. The minimum absolute atomic E-state index is 0.336. The van der Waals surface area contributed by atoms with E-state index in [0.29, 0.717) is 11.8 Å². The number of fused-ring (bicyclic) bond motifs is 2. The summed E-state index contributed by atoms with van der Waals surface area (Å²) in [5.41, 5.74) is 5.69. The normalized spacial score (nSPS) is 28.2. The van der Waals surface area contributed by atoms with Gasteiger partial charge in [-0.1, -0.05) is 6.42 Å². The number of aryl methyl sites for hydroxylation is 1. The molecule has 2 N–H and O–H groups in total. The lowest BCUT2D eigenvalue weighted by Crippen LogP contribution is -2.43. The molecule has 1 saturated heterocycles. The molecule has 92 valence electrons. The van der Waals surface area contributed by atoms with Crippen molar-refractivity contribution in [2.45, 2.75) is 32.6 Å². The molecule has 17 heavy (non-hydrogen) atoms. The second-order valence-electron chi connectivity index (χ2n) is 5.34. The third-order valence-electron chi connectivity index (χ3n) is 3.88. The predicted molar refractivity (Wildman–Crippen MR) is 66.6 cm³/mol. The highest BCUT2D eigenvalue weighted by Crippen LogP contribution is 2.35. The molecule has 0 amide bonds. The van der Waals surface area contributed by atoms with Gasteiger partial charge in [0.2, 0.25) is 11.9 Å². The highest BCUT2D eigenvalue weighted by molar-refractivity contribution is 5.35. The third-order valence-corrected chi connectivity index (χ3v) is 3.88. The van der Waals surface area contributed by atoms with Gasteiger partial charge >= 0.3 is 0 Å². The topological polar surface area (TPSA) is 67.9 Å². The van der Waals surface area contributed by atoms with Crippen LogP contribution in [0, 0.1) is 18.8 Å². The zero-order valence-electron chi connectivity index (χ0n) is 10.3. The minimum atomic E-state index is 0.336. The molecular formula is C12H19N5. The summed E-state index contributed by atoms with van der Waals surface area (Å²) >= 11 is 0. The molecule has 1 aromatic heterocycles. The first-order chi connectivity index (χ1) is 8.20. The second-order valence-corrected chi connectivity index (χ2v) is 5.34. The van der Waals surface area contributed by atoms with Gasteiger partial charge in [-0.3, -0.25) is 0 Å². The van der Waals surface area contributed by atoms with Crippen LogP contribution in [0.2, 0.25) is 0 Å².